The Balaban J connectivity index is 1.44. The fourth-order valence-electron chi connectivity index (χ4n) is 4.20. The fraction of sp³-hybridized carbons (Fsp3) is 0.136. The first-order chi connectivity index (χ1) is 13.5. The van der Waals surface area contributed by atoms with Crippen LogP contribution < -0.4 is 5.32 Å². The quantitative estimate of drug-likeness (QED) is 0.503. The monoisotopic (exact) mass is 436 g/mol. The number of halogens is 1. The maximum atomic E-state index is 12.5. The number of allylic oxidation sites excluding steroid dienone is 2. The van der Waals surface area contributed by atoms with Crippen LogP contribution in [0.15, 0.2) is 65.2 Å². The summed E-state index contributed by atoms with van der Waals surface area (Å²) >= 11 is 3.41. The molecule has 0 fully saturated rings. The molecule has 6 heteroatoms. The highest BCUT2D eigenvalue weighted by atomic mass is 79.9. The summed E-state index contributed by atoms with van der Waals surface area (Å²) in [5.74, 6) is 0.261. The molecule has 0 unspecified atom stereocenters. The molecule has 2 bridgehead atoms. The van der Waals surface area contributed by atoms with E-state index < -0.39 is 0 Å². The van der Waals surface area contributed by atoms with Crippen LogP contribution in [0.25, 0.3) is 5.69 Å². The topological polar surface area (TPSA) is 74.5 Å². The Hall–Kier alpha value is -2.99. The van der Waals surface area contributed by atoms with Crippen molar-refractivity contribution in [3.8, 4) is 17.4 Å². The molecule has 1 aromatic heterocycles. The van der Waals surface area contributed by atoms with Crippen molar-refractivity contribution in [3.05, 3.63) is 81.8 Å². The largest absolute Gasteiger partial charge is 0.494 e. The first-order valence-electron chi connectivity index (χ1n) is 9.05. The van der Waals surface area contributed by atoms with E-state index in [1.807, 2.05) is 24.3 Å². The first-order valence-corrected chi connectivity index (χ1v) is 9.85. The lowest BCUT2D eigenvalue weighted by Crippen LogP contribution is -2.12. The van der Waals surface area contributed by atoms with Crippen LogP contribution >= 0.6 is 15.9 Å². The van der Waals surface area contributed by atoms with Gasteiger partial charge < -0.3 is 15.5 Å². The van der Waals surface area contributed by atoms with Crippen LogP contribution in [-0.2, 0) is 0 Å². The molecule has 2 aliphatic carbocycles. The first kappa shape index (κ1) is 17.1. The smallest absolute Gasteiger partial charge is 0.255 e. The van der Waals surface area contributed by atoms with Crippen molar-refractivity contribution in [1.82, 2.24) is 4.57 Å². The van der Waals surface area contributed by atoms with Gasteiger partial charge in [-0.15, -0.1) is 0 Å². The van der Waals surface area contributed by atoms with Crippen LogP contribution in [0.5, 0.6) is 11.8 Å². The number of carbonyl (C=O) groups excluding carboxylic acids is 1. The number of hydrogen-bond donors (Lipinski definition) is 3. The van der Waals surface area contributed by atoms with Crippen molar-refractivity contribution in [2.24, 2.45) is 0 Å². The van der Waals surface area contributed by atoms with Crippen molar-refractivity contribution in [3.63, 3.8) is 0 Å². The lowest BCUT2D eigenvalue weighted by molar-refractivity contribution is 0.102. The Labute approximate surface area is 170 Å². The van der Waals surface area contributed by atoms with Gasteiger partial charge >= 0.3 is 0 Å². The highest BCUT2D eigenvalue weighted by Crippen LogP contribution is 2.57. The molecule has 0 spiro atoms. The lowest BCUT2D eigenvalue weighted by atomic mass is 10.0. The molecule has 0 saturated carbocycles. The second-order valence-corrected chi connectivity index (χ2v) is 7.98. The van der Waals surface area contributed by atoms with Gasteiger partial charge in [0.05, 0.1) is 11.4 Å². The van der Waals surface area contributed by atoms with E-state index in [0.717, 1.165) is 22.0 Å². The average Bonchev–Trinajstić information content (AvgIpc) is 3.38. The molecule has 2 aliphatic rings. The summed E-state index contributed by atoms with van der Waals surface area (Å²) in [6.07, 6.45) is 5.10. The van der Waals surface area contributed by atoms with Crippen molar-refractivity contribution in [2.75, 3.05) is 5.32 Å². The molecule has 3 N–H and O–H groups in total. The second-order valence-electron chi connectivity index (χ2n) is 7.12. The van der Waals surface area contributed by atoms with Crippen molar-refractivity contribution in [2.45, 2.75) is 18.3 Å². The molecule has 0 saturated heterocycles. The van der Waals surface area contributed by atoms with Crippen molar-refractivity contribution >= 4 is 27.5 Å². The van der Waals surface area contributed by atoms with Gasteiger partial charge in [0.1, 0.15) is 0 Å². The predicted molar refractivity (Wildman–Crippen MR) is 110 cm³/mol. The Morgan fingerprint density at radius 1 is 0.964 bits per heavy atom. The molecule has 1 heterocycles. The van der Waals surface area contributed by atoms with Gasteiger partial charge in [0.25, 0.3) is 5.91 Å². The zero-order valence-corrected chi connectivity index (χ0v) is 16.3. The molecule has 2 atom stereocenters. The zero-order chi connectivity index (χ0) is 19.4. The summed E-state index contributed by atoms with van der Waals surface area (Å²) in [7, 11) is 0. The maximum Gasteiger partial charge on any atom is 0.255 e. The normalized spacial score (nSPS) is 19.0. The molecule has 3 aromatic rings. The maximum absolute atomic E-state index is 12.5. The van der Waals surface area contributed by atoms with E-state index in [0.29, 0.717) is 16.9 Å². The van der Waals surface area contributed by atoms with Crippen LogP contribution in [0.4, 0.5) is 5.69 Å². The van der Waals surface area contributed by atoms with E-state index in [2.05, 4.69) is 33.4 Å². The molecular formula is C22H17BrN2O3. The lowest BCUT2D eigenvalue weighted by Gasteiger charge is -2.11. The average molecular weight is 437 g/mol. The van der Waals surface area contributed by atoms with Crippen LogP contribution in [0.3, 0.4) is 0 Å². The van der Waals surface area contributed by atoms with Gasteiger partial charge in [0.2, 0.25) is 11.8 Å². The summed E-state index contributed by atoms with van der Waals surface area (Å²) in [6.45, 7) is 0. The van der Waals surface area contributed by atoms with Crippen LogP contribution in [0.1, 0.15) is 39.7 Å². The number of rotatable bonds is 3. The molecule has 1 amide bonds. The third kappa shape index (κ3) is 2.48. The highest BCUT2D eigenvalue weighted by Gasteiger charge is 2.41. The summed E-state index contributed by atoms with van der Waals surface area (Å²) in [5, 5.41) is 24.2. The number of hydrogen-bond acceptors (Lipinski definition) is 3. The van der Waals surface area contributed by atoms with E-state index in [4.69, 9.17) is 0 Å². The van der Waals surface area contributed by atoms with Gasteiger partial charge in [-0.2, -0.15) is 0 Å². The molecule has 28 heavy (non-hydrogen) atoms. The van der Waals surface area contributed by atoms with E-state index in [1.165, 1.54) is 4.57 Å². The number of anilines is 1. The van der Waals surface area contributed by atoms with Gasteiger partial charge in [0.15, 0.2) is 0 Å². The van der Waals surface area contributed by atoms with E-state index in [9.17, 15) is 15.0 Å². The number of para-hydroxylation sites is 1. The third-order valence-corrected chi connectivity index (χ3v) is 6.22. The Morgan fingerprint density at radius 2 is 1.57 bits per heavy atom. The molecule has 5 rings (SSSR count). The number of aromatic hydroxyl groups is 2. The van der Waals surface area contributed by atoms with E-state index in [-0.39, 0.29) is 29.5 Å². The van der Waals surface area contributed by atoms with Crippen molar-refractivity contribution < 1.29 is 15.0 Å². The zero-order valence-electron chi connectivity index (χ0n) is 14.8. The van der Waals surface area contributed by atoms with E-state index in [1.54, 1.807) is 24.3 Å². The Kier molecular flexibility index (Phi) is 3.84. The van der Waals surface area contributed by atoms with Crippen LogP contribution in [0, 0.1) is 0 Å². The predicted octanol–water partition coefficient (Wildman–Crippen LogP) is 5.04. The van der Waals surface area contributed by atoms with Crippen molar-refractivity contribution in [1.29, 1.82) is 0 Å². The highest BCUT2D eigenvalue weighted by molar-refractivity contribution is 9.10. The van der Waals surface area contributed by atoms with Crippen LogP contribution in [0.2, 0.25) is 0 Å². The van der Waals surface area contributed by atoms with Gasteiger partial charge in [-0.3, -0.25) is 9.36 Å². The number of carbonyl (C=O) groups is 1. The SMILES string of the molecule is O=C(Nc1ccccc1Br)c1ccc(-n2c(O)c3c(c2O)[C@H]2C=C[C@@H]3C2)cc1. The van der Waals surface area contributed by atoms with Crippen LogP contribution in [-0.4, -0.2) is 20.7 Å². The number of fused-ring (bicyclic) bond motifs is 5. The van der Waals surface area contributed by atoms with Gasteiger partial charge in [0, 0.05) is 33.0 Å². The van der Waals surface area contributed by atoms with Gasteiger partial charge in [-0.05, 0) is 58.7 Å². The molecule has 0 aliphatic heterocycles. The minimum absolute atomic E-state index is 0.0785. The summed E-state index contributed by atoms with van der Waals surface area (Å²) in [6, 6.07) is 14.2. The second kappa shape index (κ2) is 6.27. The number of amides is 1. The molecule has 0 radical (unpaired) electrons. The fourth-order valence-corrected chi connectivity index (χ4v) is 4.59. The Bertz CT molecular complexity index is 1100. The number of nitrogens with one attached hydrogen (secondary N) is 1. The van der Waals surface area contributed by atoms with Gasteiger partial charge in [-0.25, -0.2) is 0 Å². The summed E-state index contributed by atoms with van der Waals surface area (Å²) in [4.78, 5) is 12.5. The molecule has 5 nitrogen and oxygen atoms in total. The number of aromatic nitrogens is 1. The van der Waals surface area contributed by atoms with E-state index >= 15 is 0 Å². The number of nitrogens with zero attached hydrogens (tertiary/aromatic N) is 1. The number of benzene rings is 2. The third-order valence-electron chi connectivity index (χ3n) is 5.53. The Morgan fingerprint density at radius 3 is 2.18 bits per heavy atom. The summed E-state index contributed by atoms with van der Waals surface area (Å²) < 4.78 is 2.26. The standard InChI is InChI=1S/C22H17BrN2O3/c23-16-3-1-2-4-17(16)24-20(26)12-7-9-15(10-8-12)25-21(27)18-13-5-6-14(11-13)19(18)22(25)28/h1-10,13-14,27-28H,11H2,(H,24,26)/t13-,14+. The molecule has 2 aromatic carbocycles. The minimum atomic E-state index is -0.232. The minimum Gasteiger partial charge on any atom is -0.494 e. The van der Waals surface area contributed by atoms with Gasteiger partial charge in [-0.1, -0.05) is 24.3 Å². The summed E-state index contributed by atoms with van der Waals surface area (Å²) in [5.41, 5.74) is 3.43. The molecular weight excluding hydrogens is 420 g/mol. The molecule has 140 valence electrons.